The van der Waals surface area contributed by atoms with Crippen LogP contribution in [0.4, 0.5) is 0 Å². The van der Waals surface area contributed by atoms with Crippen molar-refractivity contribution in [2.75, 3.05) is 0 Å². The number of thiophene rings is 1. The molecule has 0 aliphatic carbocycles. The van der Waals surface area contributed by atoms with E-state index in [0.29, 0.717) is 5.69 Å². The second kappa shape index (κ2) is 6.49. The number of rotatable bonds is 4. The molecule has 0 bridgehead atoms. The van der Waals surface area contributed by atoms with Crippen molar-refractivity contribution in [3.8, 4) is 11.3 Å². The van der Waals surface area contributed by atoms with Crippen LogP contribution in [-0.4, -0.2) is 25.7 Å². The molecule has 7 nitrogen and oxygen atoms in total. The lowest BCUT2D eigenvalue weighted by Crippen LogP contribution is -2.28. The highest BCUT2D eigenvalue weighted by atomic mass is 32.1. The molecule has 3 rings (SSSR count). The summed E-state index contributed by atoms with van der Waals surface area (Å²) < 4.78 is 1.12. The van der Waals surface area contributed by atoms with Crippen LogP contribution in [0.3, 0.4) is 0 Å². The zero-order valence-electron chi connectivity index (χ0n) is 12.3. The second-order valence-electron chi connectivity index (χ2n) is 4.73. The zero-order valence-corrected chi connectivity index (χ0v) is 13.1. The third kappa shape index (κ3) is 3.32. The topological polar surface area (TPSA) is 89.8 Å². The zero-order chi connectivity index (χ0) is 16.2. The number of carbonyl (C=O) groups excluding carboxylic acids is 1. The van der Waals surface area contributed by atoms with Crippen LogP contribution in [0.2, 0.25) is 0 Å². The van der Waals surface area contributed by atoms with E-state index in [9.17, 15) is 9.59 Å². The molecule has 0 aliphatic rings. The van der Waals surface area contributed by atoms with Gasteiger partial charge in [0.25, 0.3) is 11.5 Å². The molecule has 0 atom stereocenters. The average molecular weight is 327 g/mol. The Morgan fingerprint density at radius 2 is 2.09 bits per heavy atom. The Bertz CT molecular complexity index is 889. The Balaban J connectivity index is 1.77. The predicted molar refractivity (Wildman–Crippen MR) is 86.0 cm³/mol. The minimum absolute atomic E-state index is 0.174. The van der Waals surface area contributed by atoms with E-state index in [2.05, 4.69) is 20.4 Å². The highest BCUT2D eigenvalue weighted by Gasteiger charge is 2.12. The monoisotopic (exact) mass is 327 g/mol. The minimum Gasteiger partial charge on any atom is -0.345 e. The summed E-state index contributed by atoms with van der Waals surface area (Å²) in [7, 11) is 1.50. The molecule has 8 heteroatoms. The fourth-order valence-electron chi connectivity index (χ4n) is 2.01. The van der Waals surface area contributed by atoms with Gasteiger partial charge in [0.05, 0.1) is 17.9 Å². The lowest BCUT2D eigenvalue weighted by Gasteiger charge is -2.08. The summed E-state index contributed by atoms with van der Waals surface area (Å²) in [6.07, 6.45) is 3.20. The van der Waals surface area contributed by atoms with Crippen LogP contribution in [0.1, 0.15) is 16.2 Å². The van der Waals surface area contributed by atoms with Crippen molar-refractivity contribution in [2.24, 2.45) is 7.05 Å². The van der Waals surface area contributed by atoms with Gasteiger partial charge in [-0.15, -0.1) is 0 Å². The van der Waals surface area contributed by atoms with Crippen LogP contribution >= 0.6 is 11.3 Å². The molecule has 1 amide bonds. The van der Waals surface area contributed by atoms with Gasteiger partial charge in [-0.1, -0.05) is 0 Å². The molecule has 3 aromatic heterocycles. The first kappa shape index (κ1) is 15.0. The molecule has 3 aromatic rings. The summed E-state index contributed by atoms with van der Waals surface area (Å²) in [4.78, 5) is 32.1. The Hall–Kier alpha value is -2.87. The SMILES string of the molecule is Cn1nc(C(=O)NCc2nccnc2-c2ccsc2)ccc1=O. The molecule has 0 unspecified atom stereocenters. The van der Waals surface area contributed by atoms with Crippen LogP contribution in [0, 0.1) is 0 Å². The number of aryl methyl sites for hydroxylation is 1. The molecule has 116 valence electrons. The van der Waals surface area contributed by atoms with E-state index in [-0.39, 0.29) is 23.7 Å². The first-order chi connectivity index (χ1) is 11.1. The van der Waals surface area contributed by atoms with Gasteiger partial charge in [0.1, 0.15) is 5.69 Å². The van der Waals surface area contributed by atoms with Gasteiger partial charge in [-0.3, -0.25) is 19.6 Å². The van der Waals surface area contributed by atoms with Crippen molar-refractivity contribution in [1.82, 2.24) is 25.1 Å². The van der Waals surface area contributed by atoms with Crippen molar-refractivity contribution in [3.05, 3.63) is 63.1 Å². The van der Waals surface area contributed by atoms with Crippen LogP contribution in [0.5, 0.6) is 0 Å². The van der Waals surface area contributed by atoms with E-state index in [1.807, 2.05) is 16.8 Å². The van der Waals surface area contributed by atoms with Crippen molar-refractivity contribution >= 4 is 17.2 Å². The quantitative estimate of drug-likeness (QED) is 0.778. The Labute approximate surface area is 135 Å². The number of aromatic nitrogens is 4. The van der Waals surface area contributed by atoms with Gasteiger partial charge in [-0.05, 0) is 17.5 Å². The third-order valence-corrected chi connectivity index (χ3v) is 3.86. The maximum absolute atomic E-state index is 12.1. The van der Waals surface area contributed by atoms with Crippen LogP contribution < -0.4 is 10.9 Å². The highest BCUT2D eigenvalue weighted by molar-refractivity contribution is 7.08. The number of hydrogen-bond donors (Lipinski definition) is 1. The summed E-state index contributed by atoms with van der Waals surface area (Å²) in [5, 5.41) is 10.6. The number of amides is 1. The second-order valence-corrected chi connectivity index (χ2v) is 5.51. The lowest BCUT2D eigenvalue weighted by molar-refractivity contribution is 0.0943. The van der Waals surface area contributed by atoms with Gasteiger partial charge in [0.2, 0.25) is 0 Å². The number of hydrogen-bond acceptors (Lipinski definition) is 6. The first-order valence-corrected chi connectivity index (χ1v) is 7.74. The van der Waals surface area contributed by atoms with Gasteiger partial charge in [0.15, 0.2) is 0 Å². The van der Waals surface area contributed by atoms with E-state index in [4.69, 9.17) is 0 Å². The fraction of sp³-hybridized carbons (Fsp3) is 0.133. The minimum atomic E-state index is -0.373. The smallest absolute Gasteiger partial charge is 0.272 e. The average Bonchev–Trinajstić information content (AvgIpc) is 3.10. The van der Waals surface area contributed by atoms with E-state index in [1.54, 1.807) is 23.7 Å². The largest absolute Gasteiger partial charge is 0.345 e. The van der Waals surface area contributed by atoms with Gasteiger partial charge in [-0.2, -0.15) is 16.4 Å². The molecule has 1 N–H and O–H groups in total. The summed E-state index contributed by atoms with van der Waals surface area (Å²) >= 11 is 1.57. The summed E-state index contributed by atoms with van der Waals surface area (Å²) in [6.45, 7) is 0.225. The maximum atomic E-state index is 12.1. The molecule has 23 heavy (non-hydrogen) atoms. The standard InChI is InChI=1S/C15H13N5O2S/c1-20-13(21)3-2-11(19-20)15(22)18-8-12-14(17-6-5-16-12)10-4-7-23-9-10/h2-7,9H,8H2,1H3,(H,18,22). The van der Waals surface area contributed by atoms with Crippen LogP contribution in [-0.2, 0) is 13.6 Å². The van der Waals surface area contributed by atoms with E-state index in [0.717, 1.165) is 15.9 Å². The molecule has 0 fully saturated rings. The Kier molecular flexibility index (Phi) is 4.24. The fourth-order valence-corrected chi connectivity index (χ4v) is 2.66. The number of nitrogens with one attached hydrogen (secondary N) is 1. The molecule has 0 spiro atoms. The summed E-state index contributed by atoms with van der Waals surface area (Å²) in [6, 6.07) is 4.66. The molecule has 0 saturated heterocycles. The van der Waals surface area contributed by atoms with Gasteiger partial charge in [0, 0.05) is 36.5 Å². The van der Waals surface area contributed by atoms with E-state index < -0.39 is 0 Å². The van der Waals surface area contributed by atoms with Gasteiger partial charge in [-0.25, -0.2) is 4.68 Å². The summed E-state index contributed by atoms with van der Waals surface area (Å²) in [5.41, 5.74) is 2.28. The maximum Gasteiger partial charge on any atom is 0.272 e. The van der Waals surface area contributed by atoms with Crippen molar-refractivity contribution in [1.29, 1.82) is 0 Å². The number of nitrogens with zero attached hydrogens (tertiary/aromatic N) is 4. The molecular formula is C15H13N5O2S. The van der Waals surface area contributed by atoms with Crippen molar-refractivity contribution < 1.29 is 4.79 Å². The van der Waals surface area contributed by atoms with Crippen molar-refractivity contribution in [3.63, 3.8) is 0 Å². The molecule has 0 radical (unpaired) electrons. The van der Waals surface area contributed by atoms with E-state index >= 15 is 0 Å². The molecule has 3 heterocycles. The van der Waals surface area contributed by atoms with Crippen molar-refractivity contribution in [2.45, 2.75) is 6.54 Å². The third-order valence-electron chi connectivity index (χ3n) is 3.18. The summed E-state index contributed by atoms with van der Waals surface area (Å²) in [5.74, 6) is -0.373. The molecular weight excluding hydrogens is 314 g/mol. The number of carbonyl (C=O) groups is 1. The van der Waals surface area contributed by atoms with E-state index in [1.165, 1.54) is 19.2 Å². The van der Waals surface area contributed by atoms with Gasteiger partial charge < -0.3 is 5.32 Å². The molecule has 0 aromatic carbocycles. The predicted octanol–water partition coefficient (Wildman–Crippen LogP) is 1.23. The Morgan fingerprint density at radius 3 is 2.83 bits per heavy atom. The normalized spacial score (nSPS) is 10.5. The highest BCUT2D eigenvalue weighted by Crippen LogP contribution is 2.22. The van der Waals surface area contributed by atoms with Crippen LogP contribution in [0.25, 0.3) is 11.3 Å². The molecule has 0 saturated carbocycles. The Morgan fingerprint density at radius 1 is 1.26 bits per heavy atom. The van der Waals surface area contributed by atoms with Gasteiger partial charge >= 0.3 is 0 Å². The lowest BCUT2D eigenvalue weighted by atomic mass is 10.2. The first-order valence-electron chi connectivity index (χ1n) is 6.80. The van der Waals surface area contributed by atoms with Crippen LogP contribution in [0.15, 0.2) is 46.1 Å². The molecule has 0 aliphatic heterocycles.